The van der Waals surface area contributed by atoms with Gasteiger partial charge < -0.3 is 58.2 Å². The first-order chi connectivity index (χ1) is 72.0. The molecule has 19 rings (SSSR count). The van der Waals surface area contributed by atoms with Gasteiger partial charge in [0.15, 0.2) is 60.1 Å². The van der Waals surface area contributed by atoms with Crippen LogP contribution in [0.25, 0.3) is 83.5 Å². The number of fused-ring (bicyclic) bond motifs is 4. The van der Waals surface area contributed by atoms with Crippen LogP contribution in [0, 0.1) is 57.9 Å². The van der Waals surface area contributed by atoms with Crippen molar-refractivity contribution in [1.29, 1.82) is 0 Å². The van der Waals surface area contributed by atoms with Gasteiger partial charge in [0.25, 0.3) is 17.7 Å². The Hall–Kier alpha value is -16.6. The lowest BCUT2D eigenvalue weighted by atomic mass is 10.0. The second kappa shape index (κ2) is 46.2. The number of benzene rings is 8. The molecule has 35 nitrogen and oxygen atoms in total. The molecule has 0 saturated carbocycles. The molecule has 148 heavy (non-hydrogen) atoms. The number of carbonyl (C=O) groups is 4. The fraction of sp³-hybridized carbons (Fsp3) is 0.221. The average molecular weight is 2100 g/mol. The summed E-state index contributed by atoms with van der Waals surface area (Å²) in [6.45, 7) is 15.4. The molecule has 0 aliphatic heterocycles. The van der Waals surface area contributed by atoms with Crippen LogP contribution in [0.1, 0.15) is 167 Å². The van der Waals surface area contributed by atoms with Gasteiger partial charge in [-0.2, -0.15) is 20.4 Å². The molecular formula is C104H92Cl4F5N23O12. The zero-order chi connectivity index (χ0) is 108. The van der Waals surface area contributed by atoms with Crippen molar-refractivity contribution in [2.75, 3.05) is 6.61 Å². The third-order valence-electron chi connectivity index (χ3n) is 23.1. The summed E-state index contributed by atoms with van der Waals surface area (Å²) >= 11 is 25.7. The molecule has 0 saturated heterocycles. The number of para-hydroxylation sites is 4. The maximum atomic E-state index is 14.4. The Labute approximate surface area is 865 Å². The van der Waals surface area contributed by atoms with Gasteiger partial charge in [-0.1, -0.05) is 94.9 Å². The summed E-state index contributed by atoms with van der Waals surface area (Å²) in [5, 5.41) is 30.6. The minimum absolute atomic E-state index is 0.0142. The predicted octanol–water partition coefficient (Wildman–Crippen LogP) is 20.9. The summed E-state index contributed by atoms with van der Waals surface area (Å²) in [5.74, 6) is -0.424. The quantitative estimate of drug-likeness (QED) is 0.0304. The van der Waals surface area contributed by atoms with Gasteiger partial charge in [0.2, 0.25) is 5.91 Å². The van der Waals surface area contributed by atoms with Gasteiger partial charge in [-0.25, -0.2) is 95.5 Å². The van der Waals surface area contributed by atoms with Gasteiger partial charge in [-0.05, 0) is 189 Å². The molecule has 44 heteroatoms. The smallest absolute Gasteiger partial charge is 0.273 e. The summed E-state index contributed by atoms with van der Waals surface area (Å²) < 4.78 is 147. The first-order valence-electron chi connectivity index (χ1n) is 46.7. The van der Waals surface area contributed by atoms with Crippen molar-refractivity contribution in [3.05, 3.63) is 342 Å². The first-order valence-corrected chi connectivity index (χ1v) is 46.7. The average Bonchev–Trinajstić information content (AvgIpc) is 1.53. The topological polar surface area (TPSA) is 415 Å². The predicted molar refractivity (Wildman–Crippen MR) is 539 cm³/mol. The summed E-state index contributed by atoms with van der Waals surface area (Å²) in [6.07, 6.45) is 11.2. The van der Waals surface area contributed by atoms with E-state index in [1.165, 1.54) is 64.5 Å². The van der Waals surface area contributed by atoms with E-state index in [-0.39, 0.29) is 80.3 Å². The van der Waals surface area contributed by atoms with Gasteiger partial charge in [-0.15, -0.1) is 0 Å². The summed E-state index contributed by atoms with van der Waals surface area (Å²) in [7, 11) is 5.44. The van der Waals surface area contributed by atoms with Gasteiger partial charge in [0, 0.05) is 104 Å². The first kappa shape index (κ1) is 100. The number of halogens is 9. The molecule has 8 aromatic carbocycles. The minimum atomic E-state index is -1.82. The van der Waals surface area contributed by atoms with Crippen molar-refractivity contribution in [1.82, 2.24) is 115 Å². The van der Waals surface area contributed by atoms with Gasteiger partial charge >= 0.3 is 0 Å². The SMILES string of the molecule is Cc1cc(-c2ncnn2C)c2cccc(OCc3c(Cl)cc(F)cc3[C@H](C)NC(=O)c3cocn3)c2n1.[2H][C@@](C)(NC(=O)COC(C)F)c1cc(F)cc(Cl)c1COc1cccc2c(-n3ncnc3C)cc(C)nc12.[2H][C@@](C)(NC(=O)c1cocn1)c1cc(F)cc(Cl)c1COc1cccc2c(-c3ncnn3C)cc(C)nc12.[2H][C@@](C)(NC(=O)c1cocn1)c1cc(F)cc(Cl)c1COc1cccc2c(-c3ncnn3C)cc(C)nc12. The van der Waals surface area contributed by atoms with E-state index >= 15 is 0 Å². The van der Waals surface area contributed by atoms with E-state index in [1.807, 2.05) is 129 Å². The van der Waals surface area contributed by atoms with Crippen LogP contribution in [-0.2, 0) is 57.1 Å². The van der Waals surface area contributed by atoms with Crippen molar-refractivity contribution in [2.24, 2.45) is 21.1 Å². The number of carbonyl (C=O) groups excluding carboxylic acids is 4. The number of oxazole rings is 3. The number of ether oxygens (including phenoxy) is 5. The van der Waals surface area contributed by atoms with Crippen LogP contribution >= 0.6 is 46.4 Å². The zero-order valence-corrected chi connectivity index (χ0v) is 84.1. The normalized spacial score (nSPS) is 13.2. The van der Waals surface area contributed by atoms with Crippen molar-refractivity contribution in [3.8, 4) is 62.8 Å². The van der Waals surface area contributed by atoms with Crippen molar-refractivity contribution < 1.29 is 82.2 Å². The standard InChI is InChI=1S/C26H26ClF2N5O3.3C26H22ClFN6O3/c1-14-8-23(34-17(4)30-13-31-34)19-6-5-7-24(26(19)32-14)37-11-21-20(9-18(29)10-22(21)27)15(2)33-25(35)12-36-16(3)28;3*1-14-7-19(25-29-12-31-34(25)3)17-5-4-6-23(24(17)32-14)37-10-20-18(8-16(28)9-21(20)27)15(2)33-26(35)22-11-36-13-30-22/h5-10,13,15-16H,11-12H2,1-4H3,(H,33,35);3*4-9,11-13,15H,10H2,1-3H3,(H,33,35)/t15-,16?;3*15-/m0000/s1/i3*15D;. The molecule has 0 radical (unpaired) electrons. The lowest BCUT2D eigenvalue weighted by Crippen LogP contribution is -2.31. The Kier molecular flexibility index (Phi) is 31.3. The summed E-state index contributed by atoms with van der Waals surface area (Å²) in [4.78, 5) is 97.3. The van der Waals surface area contributed by atoms with Crippen molar-refractivity contribution >= 4 is 114 Å². The second-order valence-electron chi connectivity index (χ2n) is 33.5. The van der Waals surface area contributed by atoms with E-state index in [2.05, 4.69) is 96.2 Å². The van der Waals surface area contributed by atoms with E-state index in [1.54, 1.807) is 49.9 Å². The Morgan fingerprint density at radius 2 is 0.703 bits per heavy atom. The van der Waals surface area contributed by atoms with Gasteiger partial charge in [0.05, 0.1) is 54.0 Å². The lowest BCUT2D eigenvalue weighted by Gasteiger charge is -2.20. The highest BCUT2D eigenvalue weighted by Gasteiger charge is 2.29. The Bertz CT molecular complexity index is 8070. The number of amides is 4. The van der Waals surface area contributed by atoms with Gasteiger partial charge in [-0.3, -0.25) is 19.2 Å². The van der Waals surface area contributed by atoms with E-state index < -0.39 is 84.0 Å². The van der Waals surface area contributed by atoms with Crippen LogP contribution in [0.4, 0.5) is 22.0 Å². The van der Waals surface area contributed by atoms with Crippen LogP contribution < -0.4 is 40.2 Å². The third-order valence-corrected chi connectivity index (χ3v) is 24.4. The number of nitrogens with one attached hydrogen (secondary N) is 4. The largest absolute Gasteiger partial charge is 0.487 e. The summed E-state index contributed by atoms with van der Waals surface area (Å²) in [6, 6.07) is 33.1. The molecule has 0 bridgehead atoms. The number of aryl methyl sites for hydroxylation is 8. The number of rotatable bonds is 30. The maximum absolute atomic E-state index is 14.4. The maximum Gasteiger partial charge on any atom is 0.273 e. The molecular weight excluding hydrogens is 2000 g/mol. The monoisotopic (exact) mass is 2090 g/mol. The van der Waals surface area contributed by atoms with E-state index in [0.29, 0.717) is 96.2 Å². The van der Waals surface area contributed by atoms with Crippen molar-refractivity contribution in [3.63, 3.8) is 0 Å². The molecule has 11 heterocycles. The third kappa shape index (κ3) is 24.1. The van der Waals surface area contributed by atoms with Crippen LogP contribution in [0.5, 0.6) is 23.0 Å². The molecule has 0 spiro atoms. The highest BCUT2D eigenvalue weighted by Crippen LogP contribution is 2.41. The molecule has 11 aromatic heterocycles. The van der Waals surface area contributed by atoms with Crippen LogP contribution in [-0.4, -0.2) is 131 Å². The molecule has 1 unspecified atom stereocenters. The van der Waals surface area contributed by atoms with Crippen LogP contribution in [0.15, 0.2) is 222 Å². The van der Waals surface area contributed by atoms with Crippen LogP contribution in [0.3, 0.4) is 0 Å². The fourth-order valence-corrected chi connectivity index (χ4v) is 17.2. The molecule has 0 aliphatic rings. The Balaban J connectivity index is 0.000000143. The van der Waals surface area contributed by atoms with Crippen molar-refractivity contribution in [2.45, 2.75) is 126 Å². The number of aromatic nitrogens is 19. The van der Waals surface area contributed by atoms with E-state index in [0.717, 1.165) is 142 Å². The number of hydrogen-bond donors (Lipinski definition) is 4. The molecule has 0 fully saturated rings. The second-order valence-corrected chi connectivity index (χ2v) is 35.1. The highest BCUT2D eigenvalue weighted by molar-refractivity contribution is 6.32. The van der Waals surface area contributed by atoms with E-state index in [9.17, 15) is 41.1 Å². The molecule has 758 valence electrons. The van der Waals surface area contributed by atoms with E-state index in [4.69, 9.17) is 87.7 Å². The highest BCUT2D eigenvalue weighted by atomic mass is 35.5. The lowest BCUT2D eigenvalue weighted by molar-refractivity contribution is -0.132. The zero-order valence-electron chi connectivity index (χ0n) is 84.1. The summed E-state index contributed by atoms with van der Waals surface area (Å²) in [5.41, 5.74) is 11.1. The number of hydrogen-bond acceptors (Lipinski definition) is 27. The molecule has 4 amide bonds. The number of pyridine rings is 4. The molecule has 19 aromatic rings. The van der Waals surface area contributed by atoms with Gasteiger partial charge in [0.1, 0.15) is 151 Å². The van der Waals surface area contributed by atoms with Crippen LogP contribution in [0.2, 0.25) is 20.1 Å². The number of nitrogens with zero attached hydrogens (tertiary/aromatic N) is 19. The minimum Gasteiger partial charge on any atom is -0.487 e. The Morgan fingerprint density at radius 1 is 0.392 bits per heavy atom. The Morgan fingerprint density at radius 3 is 1.02 bits per heavy atom. The molecule has 4 N–H and O–H groups in total. The molecule has 0 aliphatic carbocycles. The molecule has 5 atom stereocenters. The fourth-order valence-electron chi connectivity index (χ4n) is 16.2. The number of alkyl halides is 1.